The second kappa shape index (κ2) is 4.19. The predicted molar refractivity (Wildman–Crippen MR) is 62.0 cm³/mol. The van der Waals surface area contributed by atoms with Crippen LogP contribution in [0.3, 0.4) is 0 Å². The maximum Gasteiger partial charge on any atom is 0.127 e. The van der Waals surface area contributed by atoms with Gasteiger partial charge in [0.25, 0.3) is 0 Å². The smallest absolute Gasteiger partial charge is 0.127 e. The predicted octanol–water partition coefficient (Wildman–Crippen LogP) is 2.92. The number of aromatic nitrogens is 1. The molecule has 0 bridgehead atoms. The molecule has 4 heteroatoms. The van der Waals surface area contributed by atoms with Crippen molar-refractivity contribution in [2.24, 2.45) is 5.92 Å². The normalized spacial score (nSPS) is 23.5. The molecule has 1 saturated carbocycles. The van der Waals surface area contributed by atoms with E-state index >= 15 is 0 Å². The maximum absolute atomic E-state index is 8.97. The quantitative estimate of drug-likeness (QED) is 0.850. The molecule has 1 aliphatic rings. The van der Waals surface area contributed by atoms with Gasteiger partial charge in [-0.25, -0.2) is 0 Å². The van der Waals surface area contributed by atoms with Gasteiger partial charge in [-0.15, -0.1) is 0 Å². The molecule has 1 fully saturated rings. The topological polar surface area (TPSA) is 48.7 Å². The first-order chi connectivity index (χ1) is 7.26. The summed E-state index contributed by atoms with van der Waals surface area (Å²) < 4.78 is 4.20. The van der Waals surface area contributed by atoms with Crippen LogP contribution in [0.5, 0.6) is 0 Å². The lowest BCUT2D eigenvalue weighted by atomic mass is 10.2. The monoisotopic (exact) mass is 221 g/mol. The molecule has 0 spiro atoms. The minimum absolute atomic E-state index is 0.580. The fourth-order valence-corrected chi connectivity index (χ4v) is 2.69. The molecule has 0 aliphatic heterocycles. The largest absolute Gasteiger partial charge is 0.372 e. The Labute approximate surface area is 94.3 Å². The Hall–Kier alpha value is -1.08. The van der Waals surface area contributed by atoms with Crippen molar-refractivity contribution in [1.82, 2.24) is 4.37 Å². The Bertz CT molecular complexity index is 391. The van der Waals surface area contributed by atoms with Crippen LogP contribution in [0, 0.1) is 24.2 Å². The molecule has 2 unspecified atom stereocenters. The molecule has 80 valence electrons. The van der Waals surface area contributed by atoms with E-state index in [1.165, 1.54) is 30.8 Å². The molecule has 2 rings (SSSR count). The zero-order valence-corrected chi connectivity index (χ0v) is 9.90. The van der Waals surface area contributed by atoms with Crippen LogP contribution in [-0.2, 0) is 0 Å². The minimum Gasteiger partial charge on any atom is -0.372 e. The summed E-state index contributed by atoms with van der Waals surface area (Å²) >= 11 is 1.41. The van der Waals surface area contributed by atoms with Gasteiger partial charge in [0.15, 0.2) is 0 Å². The van der Waals surface area contributed by atoms with Crippen molar-refractivity contribution in [3.63, 3.8) is 0 Å². The van der Waals surface area contributed by atoms with Gasteiger partial charge in [-0.05, 0) is 37.2 Å². The van der Waals surface area contributed by atoms with Crippen molar-refractivity contribution in [3.05, 3.63) is 11.3 Å². The summed E-state index contributed by atoms with van der Waals surface area (Å²) in [5, 5.41) is 13.3. The number of anilines is 1. The van der Waals surface area contributed by atoms with Crippen LogP contribution in [0.2, 0.25) is 0 Å². The molecule has 2 atom stereocenters. The molecule has 0 aromatic carbocycles. The van der Waals surface area contributed by atoms with Crippen molar-refractivity contribution in [2.45, 2.75) is 39.2 Å². The van der Waals surface area contributed by atoms with Crippen LogP contribution < -0.4 is 5.32 Å². The first kappa shape index (κ1) is 10.4. The molecular formula is C11H15N3S. The van der Waals surface area contributed by atoms with E-state index in [0.29, 0.717) is 6.04 Å². The Morgan fingerprint density at radius 1 is 1.67 bits per heavy atom. The van der Waals surface area contributed by atoms with Gasteiger partial charge in [-0.3, -0.25) is 0 Å². The van der Waals surface area contributed by atoms with Crippen LogP contribution in [0.15, 0.2) is 0 Å². The summed E-state index contributed by atoms with van der Waals surface area (Å²) in [6.45, 7) is 4.10. The average Bonchev–Trinajstić information content (AvgIpc) is 2.83. The summed E-state index contributed by atoms with van der Waals surface area (Å²) in [7, 11) is 0. The van der Waals surface area contributed by atoms with E-state index in [0.717, 1.165) is 22.2 Å². The Kier molecular flexibility index (Phi) is 2.92. The SMILES string of the molecule is CCCC1CC1Nc1snc(C)c1C#N. The highest BCUT2D eigenvalue weighted by molar-refractivity contribution is 7.10. The lowest BCUT2D eigenvalue weighted by Gasteiger charge is -2.01. The second-order valence-electron chi connectivity index (χ2n) is 4.12. The highest BCUT2D eigenvalue weighted by atomic mass is 32.1. The fourth-order valence-electron chi connectivity index (χ4n) is 1.88. The van der Waals surface area contributed by atoms with Crippen molar-refractivity contribution >= 4 is 16.5 Å². The molecule has 0 amide bonds. The van der Waals surface area contributed by atoms with Gasteiger partial charge in [0, 0.05) is 6.04 Å². The molecule has 1 N–H and O–H groups in total. The Morgan fingerprint density at radius 2 is 2.47 bits per heavy atom. The highest BCUT2D eigenvalue weighted by Crippen LogP contribution is 2.39. The number of nitrogens with zero attached hydrogens (tertiary/aromatic N) is 2. The van der Waals surface area contributed by atoms with E-state index in [9.17, 15) is 0 Å². The highest BCUT2D eigenvalue weighted by Gasteiger charge is 2.36. The van der Waals surface area contributed by atoms with Gasteiger partial charge in [0.2, 0.25) is 0 Å². The molecule has 15 heavy (non-hydrogen) atoms. The van der Waals surface area contributed by atoms with E-state index < -0.39 is 0 Å². The molecule has 0 saturated heterocycles. The molecule has 0 radical (unpaired) electrons. The average molecular weight is 221 g/mol. The summed E-state index contributed by atoms with van der Waals surface area (Å²) in [5.41, 5.74) is 1.57. The van der Waals surface area contributed by atoms with Crippen LogP contribution in [0.25, 0.3) is 0 Å². The second-order valence-corrected chi connectivity index (χ2v) is 4.89. The summed E-state index contributed by atoms with van der Waals surface area (Å²) in [6.07, 6.45) is 3.78. The van der Waals surface area contributed by atoms with Crippen LogP contribution in [0.4, 0.5) is 5.00 Å². The Balaban J connectivity index is 1.98. The van der Waals surface area contributed by atoms with E-state index in [1.54, 1.807) is 0 Å². The van der Waals surface area contributed by atoms with E-state index in [2.05, 4.69) is 22.7 Å². The first-order valence-corrected chi connectivity index (χ1v) is 6.16. The standard InChI is InChI=1S/C11H15N3S/c1-3-4-8-5-10(8)13-11-9(6-12)7(2)14-15-11/h8,10,13H,3-5H2,1-2H3. The van der Waals surface area contributed by atoms with Crippen LogP contribution in [0.1, 0.15) is 37.4 Å². The number of nitriles is 1. The van der Waals surface area contributed by atoms with Gasteiger partial charge < -0.3 is 5.32 Å². The van der Waals surface area contributed by atoms with Gasteiger partial charge >= 0.3 is 0 Å². The zero-order valence-electron chi connectivity index (χ0n) is 9.08. The van der Waals surface area contributed by atoms with Gasteiger partial charge in [0.1, 0.15) is 16.6 Å². The van der Waals surface area contributed by atoms with Crippen molar-refractivity contribution in [1.29, 1.82) is 5.26 Å². The minimum atomic E-state index is 0.580. The summed E-state index contributed by atoms with van der Waals surface area (Å²) in [6, 6.07) is 2.79. The van der Waals surface area contributed by atoms with E-state index in [1.807, 2.05) is 6.92 Å². The lowest BCUT2D eigenvalue weighted by Crippen LogP contribution is -2.04. The van der Waals surface area contributed by atoms with Crippen molar-refractivity contribution in [2.75, 3.05) is 5.32 Å². The van der Waals surface area contributed by atoms with Crippen LogP contribution in [-0.4, -0.2) is 10.4 Å². The molecule has 1 aromatic rings. The summed E-state index contributed by atoms with van der Waals surface area (Å²) in [4.78, 5) is 0. The molecule has 1 aliphatic carbocycles. The number of nitrogens with one attached hydrogen (secondary N) is 1. The Morgan fingerprint density at radius 3 is 3.13 bits per heavy atom. The molecule has 3 nitrogen and oxygen atoms in total. The number of hydrogen-bond acceptors (Lipinski definition) is 4. The van der Waals surface area contributed by atoms with E-state index in [4.69, 9.17) is 5.26 Å². The third kappa shape index (κ3) is 2.13. The number of hydrogen-bond donors (Lipinski definition) is 1. The van der Waals surface area contributed by atoms with Gasteiger partial charge in [0.05, 0.1) is 5.69 Å². The van der Waals surface area contributed by atoms with E-state index in [-0.39, 0.29) is 0 Å². The number of rotatable bonds is 4. The van der Waals surface area contributed by atoms with Gasteiger partial charge in [-0.2, -0.15) is 9.64 Å². The van der Waals surface area contributed by atoms with Crippen molar-refractivity contribution in [3.8, 4) is 6.07 Å². The first-order valence-electron chi connectivity index (χ1n) is 5.39. The van der Waals surface area contributed by atoms with Gasteiger partial charge in [-0.1, -0.05) is 13.3 Å². The third-order valence-corrected chi connectivity index (χ3v) is 3.74. The zero-order chi connectivity index (χ0) is 10.8. The lowest BCUT2D eigenvalue weighted by molar-refractivity contribution is 0.693. The fraction of sp³-hybridized carbons (Fsp3) is 0.636. The molecule has 1 heterocycles. The third-order valence-electron chi connectivity index (χ3n) is 2.87. The van der Waals surface area contributed by atoms with Crippen LogP contribution >= 0.6 is 11.5 Å². The van der Waals surface area contributed by atoms with Crippen molar-refractivity contribution < 1.29 is 0 Å². The maximum atomic E-state index is 8.97. The number of aryl methyl sites for hydroxylation is 1. The molecule has 1 aromatic heterocycles. The summed E-state index contributed by atoms with van der Waals surface area (Å²) in [5.74, 6) is 0.809. The molecular weight excluding hydrogens is 206 g/mol.